The zero-order chi connectivity index (χ0) is 17.6. The number of hydrogen-bond acceptors (Lipinski definition) is 4. The molecule has 1 saturated carbocycles. The molecule has 0 heterocycles. The summed E-state index contributed by atoms with van der Waals surface area (Å²) in [6, 6.07) is 6.28. The molecule has 1 aromatic rings. The first-order valence-electron chi connectivity index (χ1n) is 8.57. The number of carbonyl (C=O) groups excluding carboxylic acids is 1. The number of rotatable bonds is 7. The number of anilines is 1. The first-order chi connectivity index (χ1) is 11.4. The second-order valence-corrected chi connectivity index (χ2v) is 8.22. The molecule has 0 spiro atoms. The van der Waals surface area contributed by atoms with Crippen LogP contribution in [0.1, 0.15) is 51.9 Å². The fourth-order valence-corrected chi connectivity index (χ4v) is 3.99. The third kappa shape index (κ3) is 5.95. The number of halogens is 1. The van der Waals surface area contributed by atoms with Gasteiger partial charge in [0.2, 0.25) is 15.9 Å². The molecule has 1 aliphatic rings. The van der Waals surface area contributed by atoms with Crippen LogP contribution in [-0.4, -0.2) is 26.4 Å². The summed E-state index contributed by atoms with van der Waals surface area (Å²) >= 11 is 0. The van der Waals surface area contributed by atoms with Gasteiger partial charge in [-0.15, -0.1) is 12.4 Å². The second-order valence-electron chi connectivity index (χ2n) is 6.45. The zero-order valence-electron chi connectivity index (χ0n) is 14.6. The van der Waals surface area contributed by atoms with E-state index in [4.69, 9.17) is 5.73 Å². The Bertz CT molecular complexity index is 673. The van der Waals surface area contributed by atoms with Crippen molar-refractivity contribution in [2.45, 2.75) is 62.3 Å². The van der Waals surface area contributed by atoms with Crippen LogP contribution in [0.5, 0.6) is 0 Å². The van der Waals surface area contributed by atoms with Crippen LogP contribution in [0.2, 0.25) is 0 Å². The number of benzene rings is 1. The molecule has 8 heteroatoms. The lowest BCUT2D eigenvalue weighted by Gasteiger charge is -2.31. The summed E-state index contributed by atoms with van der Waals surface area (Å²) in [5.41, 5.74) is 5.81. The molecule has 1 amide bonds. The minimum atomic E-state index is -3.56. The van der Waals surface area contributed by atoms with Gasteiger partial charge in [-0.2, -0.15) is 0 Å². The molecule has 6 nitrogen and oxygen atoms in total. The van der Waals surface area contributed by atoms with Crippen molar-refractivity contribution in [1.82, 2.24) is 4.72 Å². The lowest BCUT2D eigenvalue weighted by atomic mass is 9.82. The lowest BCUT2D eigenvalue weighted by Crippen LogP contribution is -2.52. The Morgan fingerprint density at radius 2 is 1.92 bits per heavy atom. The van der Waals surface area contributed by atoms with Crippen molar-refractivity contribution in [1.29, 1.82) is 0 Å². The predicted octanol–water partition coefficient (Wildman–Crippen LogP) is 2.79. The molecule has 1 aliphatic carbocycles. The first kappa shape index (κ1) is 21.9. The molecule has 25 heavy (non-hydrogen) atoms. The molecule has 1 aromatic carbocycles. The predicted molar refractivity (Wildman–Crippen MR) is 102 cm³/mol. The van der Waals surface area contributed by atoms with E-state index in [1.165, 1.54) is 12.1 Å². The highest BCUT2D eigenvalue weighted by Gasteiger charge is 2.35. The van der Waals surface area contributed by atoms with Crippen molar-refractivity contribution < 1.29 is 13.2 Å². The highest BCUT2D eigenvalue weighted by Crippen LogP contribution is 2.27. The molecule has 0 unspecified atom stereocenters. The molecule has 0 aromatic heterocycles. The van der Waals surface area contributed by atoms with E-state index in [1.807, 2.05) is 6.92 Å². The Morgan fingerprint density at radius 3 is 2.56 bits per heavy atom. The van der Waals surface area contributed by atoms with E-state index in [9.17, 15) is 13.2 Å². The Balaban J connectivity index is 0.00000312. The van der Waals surface area contributed by atoms with E-state index in [1.54, 1.807) is 12.1 Å². The van der Waals surface area contributed by atoms with E-state index < -0.39 is 15.6 Å². The quantitative estimate of drug-likeness (QED) is 0.624. The average Bonchev–Trinajstić information content (AvgIpc) is 2.56. The van der Waals surface area contributed by atoms with Crippen molar-refractivity contribution in [3.63, 3.8) is 0 Å². The van der Waals surface area contributed by atoms with Crippen LogP contribution in [0.4, 0.5) is 5.69 Å². The SMILES string of the molecule is CCCCNS(=O)(=O)c1cccc(NC(=O)C2(N)CCCCC2)c1.Cl. The standard InChI is InChI=1S/C17H27N3O3S.ClH/c1-2-3-12-19-24(22,23)15-9-7-8-14(13-15)20-16(21)17(18)10-5-4-6-11-17;/h7-9,13,19H,2-6,10-12,18H2,1H3,(H,20,21);1H. The van der Waals surface area contributed by atoms with Gasteiger partial charge in [0, 0.05) is 12.2 Å². The van der Waals surface area contributed by atoms with Gasteiger partial charge in [0.05, 0.1) is 10.4 Å². The number of nitrogens with two attached hydrogens (primary N) is 1. The van der Waals surface area contributed by atoms with Crippen molar-refractivity contribution in [2.24, 2.45) is 5.73 Å². The summed E-state index contributed by atoms with van der Waals surface area (Å²) in [6.45, 7) is 2.40. The Kier molecular flexibility index (Phi) is 8.34. The lowest BCUT2D eigenvalue weighted by molar-refractivity contribution is -0.122. The molecule has 0 bridgehead atoms. The van der Waals surface area contributed by atoms with Gasteiger partial charge in [-0.05, 0) is 37.5 Å². The van der Waals surface area contributed by atoms with Crippen LogP contribution in [0, 0.1) is 0 Å². The number of carbonyl (C=O) groups is 1. The zero-order valence-corrected chi connectivity index (χ0v) is 16.2. The van der Waals surface area contributed by atoms with Crippen molar-refractivity contribution >= 4 is 34.0 Å². The number of nitrogens with one attached hydrogen (secondary N) is 2. The molecule has 0 aliphatic heterocycles. The van der Waals surface area contributed by atoms with Gasteiger partial charge in [0.15, 0.2) is 0 Å². The van der Waals surface area contributed by atoms with Crippen LogP contribution in [0.3, 0.4) is 0 Å². The van der Waals surface area contributed by atoms with Gasteiger partial charge in [-0.25, -0.2) is 13.1 Å². The van der Waals surface area contributed by atoms with E-state index in [0.29, 0.717) is 25.1 Å². The fourth-order valence-electron chi connectivity index (χ4n) is 2.87. The minimum absolute atomic E-state index is 0. The smallest absolute Gasteiger partial charge is 0.244 e. The molecule has 1 fully saturated rings. The van der Waals surface area contributed by atoms with Gasteiger partial charge in [0.1, 0.15) is 0 Å². The van der Waals surface area contributed by atoms with Crippen LogP contribution in [0.25, 0.3) is 0 Å². The largest absolute Gasteiger partial charge is 0.324 e. The van der Waals surface area contributed by atoms with Crippen LogP contribution in [0.15, 0.2) is 29.2 Å². The Hall–Kier alpha value is -1.15. The monoisotopic (exact) mass is 389 g/mol. The summed E-state index contributed by atoms with van der Waals surface area (Å²) in [7, 11) is -3.56. The summed E-state index contributed by atoms with van der Waals surface area (Å²) in [4.78, 5) is 12.6. The van der Waals surface area contributed by atoms with E-state index >= 15 is 0 Å². The third-order valence-corrected chi connectivity index (χ3v) is 5.88. The minimum Gasteiger partial charge on any atom is -0.324 e. The van der Waals surface area contributed by atoms with Crippen molar-refractivity contribution in [3.05, 3.63) is 24.3 Å². The van der Waals surface area contributed by atoms with Crippen molar-refractivity contribution in [2.75, 3.05) is 11.9 Å². The topological polar surface area (TPSA) is 101 Å². The van der Waals surface area contributed by atoms with Gasteiger partial charge in [-0.1, -0.05) is 38.7 Å². The van der Waals surface area contributed by atoms with E-state index in [2.05, 4.69) is 10.0 Å². The Labute approximate surface area is 156 Å². The molecule has 0 atom stereocenters. The molecular weight excluding hydrogens is 362 g/mol. The van der Waals surface area contributed by atoms with Gasteiger partial charge in [-0.3, -0.25) is 4.79 Å². The molecule has 4 N–H and O–H groups in total. The molecule has 2 rings (SSSR count). The van der Waals surface area contributed by atoms with Gasteiger partial charge in [0.25, 0.3) is 0 Å². The van der Waals surface area contributed by atoms with Gasteiger partial charge >= 0.3 is 0 Å². The van der Waals surface area contributed by atoms with E-state index in [0.717, 1.165) is 32.1 Å². The normalized spacial score (nSPS) is 16.7. The second kappa shape index (κ2) is 9.52. The summed E-state index contributed by atoms with van der Waals surface area (Å²) in [5.74, 6) is -0.240. The number of amides is 1. The maximum atomic E-state index is 12.5. The number of sulfonamides is 1. The van der Waals surface area contributed by atoms with Crippen LogP contribution >= 0.6 is 12.4 Å². The highest BCUT2D eigenvalue weighted by atomic mass is 35.5. The van der Waals surface area contributed by atoms with E-state index in [-0.39, 0.29) is 23.2 Å². The fraction of sp³-hybridized carbons (Fsp3) is 0.588. The molecule has 0 saturated heterocycles. The van der Waals surface area contributed by atoms with Crippen LogP contribution < -0.4 is 15.8 Å². The summed E-state index contributed by atoms with van der Waals surface area (Å²) in [6.07, 6.45) is 6.01. The Morgan fingerprint density at radius 1 is 1.24 bits per heavy atom. The van der Waals surface area contributed by atoms with Gasteiger partial charge < -0.3 is 11.1 Å². The number of hydrogen-bond donors (Lipinski definition) is 3. The first-order valence-corrected chi connectivity index (χ1v) is 10.1. The van der Waals surface area contributed by atoms with Crippen molar-refractivity contribution in [3.8, 4) is 0 Å². The summed E-state index contributed by atoms with van der Waals surface area (Å²) < 4.78 is 27.1. The number of unbranched alkanes of at least 4 members (excludes halogenated alkanes) is 1. The van der Waals surface area contributed by atoms with Crippen LogP contribution in [-0.2, 0) is 14.8 Å². The molecule has 0 radical (unpaired) electrons. The maximum absolute atomic E-state index is 12.5. The highest BCUT2D eigenvalue weighted by molar-refractivity contribution is 7.89. The third-order valence-electron chi connectivity index (χ3n) is 4.42. The maximum Gasteiger partial charge on any atom is 0.244 e. The molecular formula is C17H28ClN3O3S. The average molecular weight is 390 g/mol. The summed E-state index contributed by atoms with van der Waals surface area (Å²) in [5, 5.41) is 2.78. The molecule has 142 valence electrons.